The fourth-order valence-electron chi connectivity index (χ4n) is 4.42. The number of piperidine rings is 1. The van der Waals surface area contributed by atoms with Crippen molar-refractivity contribution < 1.29 is 22.7 Å². The van der Waals surface area contributed by atoms with Gasteiger partial charge in [0.25, 0.3) is 0 Å². The number of carbonyl (C=O) groups excluding carboxylic acids is 2. The van der Waals surface area contributed by atoms with Crippen LogP contribution in [0, 0.1) is 5.41 Å². The van der Waals surface area contributed by atoms with Gasteiger partial charge in [0.15, 0.2) is 0 Å². The summed E-state index contributed by atoms with van der Waals surface area (Å²) in [5.41, 5.74) is -1.37. The summed E-state index contributed by atoms with van der Waals surface area (Å²) in [5.74, 6) is -0.396. The molecule has 0 saturated carbocycles. The van der Waals surface area contributed by atoms with E-state index in [2.05, 4.69) is 4.72 Å². The number of carbonyl (C=O) groups is 2. The van der Waals surface area contributed by atoms with Gasteiger partial charge in [0.05, 0.1) is 11.5 Å². The van der Waals surface area contributed by atoms with Crippen LogP contribution in [0.1, 0.15) is 72.4 Å². The number of amides is 2. The highest BCUT2D eigenvalue weighted by atomic mass is 32.2. The maximum absolute atomic E-state index is 13.7. The minimum Gasteiger partial charge on any atom is -0.444 e. The van der Waals surface area contributed by atoms with Crippen molar-refractivity contribution in [2.45, 2.75) is 78.0 Å². The Morgan fingerprint density at radius 3 is 2.12 bits per heavy atom. The molecule has 1 N–H and O–H groups in total. The van der Waals surface area contributed by atoms with Crippen molar-refractivity contribution in [3.05, 3.63) is 35.9 Å². The highest BCUT2D eigenvalue weighted by Crippen LogP contribution is 2.51. The van der Waals surface area contributed by atoms with E-state index in [-0.39, 0.29) is 0 Å². The quantitative estimate of drug-likeness (QED) is 0.736. The summed E-state index contributed by atoms with van der Waals surface area (Å²) < 4.78 is 35.7. The highest BCUT2D eigenvalue weighted by Gasteiger charge is 2.57. The Morgan fingerprint density at radius 1 is 1.06 bits per heavy atom. The molecule has 2 aliphatic rings. The summed E-state index contributed by atoms with van der Waals surface area (Å²) in [6, 6.07) is 8.67. The number of likely N-dealkylation sites (tertiary alicyclic amines) is 1. The molecule has 0 aromatic heterocycles. The first-order valence-corrected chi connectivity index (χ1v) is 12.5. The monoisotopic (exact) mass is 465 g/mol. The molecule has 2 aliphatic heterocycles. The minimum absolute atomic E-state index is 0.350. The van der Waals surface area contributed by atoms with Crippen molar-refractivity contribution in [3.8, 4) is 0 Å². The van der Waals surface area contributed by atoms with Crippen molar-refractivity contribution in [1.82, 2.24) is 13.9 Å². The molecule has 1 aromatic carbocycles. The lowest BCUT2D eigenvalue weighted by atomic mass is 9.75. The maximum Gasteiger partial charge on any atom is 0.410 e. The summed E-state index contributed by atoms with van der Waals surface area (Å²) in [7, 11) is -4.06. The van der Waals surface area contributed by atoms with E-state index in [1.165, 1.54) is 0 Å². The number of rotatable bonds is 3. The van der Waals surface area contributed by atoms with E-state index in [0.29, 0.717) is 32.4 Å². The zero-order chi connectivity index (χ0) is 23.9. The van der Waals surface area contributed by atoms with E-state index in [1.54, 1.807) is 25.7 Å². The first-order chi connectivity index (χ1) is 14.6. The van der Waals surface area contributed by atoms with Gasteiger partial charge in [-0.05, 0) is 66.4 Å². The van der Waals surface area contributed by atoms with Crippen LogP contribution in [0.5, 0.6) is 0 Å². The summed E-state index contributed by atoms with van der Waals surface area (Å²) in [6.07, 6.45) is 0.783. The number of benzene rings is 1. The third-order valence-corrected chi connectivity index (χ3v) is 7.58. The minimum atomic E-state index is -4.06. The standard InChI is InChI=1S/C23H35N3O5S/c1-21(2,3)24-32(29,30)26-18(17-10-8-7-9-11-17)16-23(19(26)27)12-14-25(15-13-23)20(28)31-22(4,5)6/h7-11,18,24H,12-16H2,1-6H3. The van der Waals surface area contributed by atoms with Gasteiger partial charge >= 0.3 is 16.3 Å². The Kier molecular flexibility index (Phi) is 6.38. The van der Waals surface area contributed by atoms with Crippen LogP contribution in [-0.4, -0.2) is 53.9 Å². The fraction of sp³-hybridized carbons (Fsp3) is 0.652. The molecule has 9 heteroatoms. The number of hydrogen-bond donors (Lipinski definition) is 1. The lowest BCUT2D eigenvalue weighted by molar-refractivity contribution is -0.134. The van der Waals surface area contributed by atoms with Crippen molar-refractivity contribution in [3.63, 3.8) is 0 Å². The zero-order valence-electron chi connectivity index (χ0n) is 19.8. The second-order valence-corrected chi connectivity index (χ2v) is 12.4. The predicted molar refractivity (Wildman–Crippen MR) is 122 cm³/mol. The largest absolute Gasteiger partial charge is 0.444 e. The molecule has 2 heterocycles. The Bertz CT molecular complexity index is 956. The molecule has 3 rings (SSSR count). The molecule has 1 spiro atoms. The number of ether oxygens (including phenoxy) is 1. The summed E-state index contributed by atoms with van der Waals surface area (Å²) in [5, 5.41) is 0. The van der Waals surface area contributed by atoms with Crippen LogP contribution in [0.25, 0.3) is 0 Å². The topological polar surface area (TPSA) is 96.0 Å². The Morgan fingerprint density at radius 2 is 1.62 bits per heavy atom. The van der Waals surface area contributed by atoms with Crippen molar-refractivity contribution >= 4 is 22.2 Å². The van der Waals surface area contributed by atoms with Gasteiger partial charge in [0.1, 0.15) is 5.60 Å². The van der Waals surface area contributed by atoms with Gasteiger partial charge in [-0.25, -0.2) is 9.10 Å². The smallest absolute Gasteiger partial charge is 0.410 e. The van der Waals surface area contributed by atoms with Crippen molar-refractivity contribution in [1.29, 1.82) is 0 Å². The van der Waals surface area contributed by atoms with E-state index in [0.717, 1.165) is 9.87 Å². The van der Waals surface area contributed by atoms with Gasteiger partial charge in [-0.15, -0.1) is 0 Å². The third kappa shape index (κ3) is 5.26. The van der Waals surface area contributed by atoms with E-state index >= 15 is 0 Å². The van der Waals surface area contributed by atoms with E-state index < -0.39 is 44.8 Å². The second-order valence-electron chi connectivity index (χ2n) is 10.8. The first-order valence-electron chi connectivity index (χ1n) is 11.0. The molecule has 1 unspecified atom stereocenters. The molecule has 0 radical (unpaired) electrons. The van der Waals surface area contributed by atoms with E-state index in [4.69, 9.17) is 4.74 Å². The van der Waals surface area contributed by atoms with Gasteiger partial charge < -0.3 is 9.64 Å². The van der Waals surface area contributed by atoms with Gasteiger partial charge in [-0.3, -0.25) is 4.79 Å². The third-order valence-electron chi connectivity index (χ3n) is 5.77. The molecular weight excluding hydrogens is 430 g/mol. The average molecular weight is 466 g/mol. The second kappa shape index (κ2) is 8.33. The fourth-order valence-corrected chi connectivity index (χ4v) is 6.23. The molecule has 1 atom stereocenters. The van der Waals surface area contributed by atoms with Crippen LogP contribution in [0.2, 0.25) is 0 Å². The molecule has 178 valence electrons. The zero-order valence-corrected chi connectivity index (χ0v) is 20.7. The molecule has 0 aliphatic carbocycles. The number of hydrogen-bond acceptors (Lipinski definition) is 5. The number of nitrogens with zero attached hydrogens (tertiary/aromatic N) is 2. The molecule has 2 fully saturated rings. The lowest BCUT2D eigenvalue weighted by Gasteiger charge is -2.38. The van der Waals surface area contributed by atoms with Crippen LogP contribution in [0.4, 0.5) is 4.79 Å². The molecule has 2 amide bonds. The lowest BCUT2D eigenvalue weighted by Crippen LogP contribution is -2.52. The molecule has 0 bridgehead atoms. The molecule has 2 saturated heterocycles. The number of nitrogens with one attached hydrogen (secondary N) is 1. The van der Waals surface area contributed by atoms with Gasteiger partial charge in [-0.1, -0.05) is 30.3 Å². The summed E-state index contributed by atoms with van der Waals surface area (Å²) in [4.78, 5) is 27.7. The molecule has 32 heavy (non-hydrogen) atoms. The van der Waals surface area contributed by atoms with Crippen LogP contribution in [0.15, 0.2) is 30.3 Å². The molecule has 1 aromatic rings. The Labute approximate surface area is 191 Å². The normalized spacial score (nSPS) is 21.8. The van der Waals surface area contributed by atoms with Crippen LogP contribution < -0.4 is 4.72 Å². The van der Waals surface area contributed by atoms with Crippen molar-refractivity contribution in [2.24, 2.45) is 5.41 Å². The SMILES string of the molecule is CC(C)(C)NS(=O)(=O)N1C(=O)C2(CCN(C(=O)OC(C)(C)C)CC2)CC1c1ccccc1. The van der Waals surface area contributed by atoms with Crippen LogP contribution >= 0.6 is 0 Å². The van der Waals surface area contributed by atoms with Crippen LogP contribution in [-0.2, 0) is 19.7 Å². The maximum atomic E-state index is 13.7. The molecular formula is C23H35N3O5S. The van der Waals surface area contributed by atoms with Gasteiger partial charge in [0.2, 0.25) is 5.91 Å². The highest BCUT2D eigenvalue weighted by molar-refractivity contribution is 7.87. The van der Waals surface area contributed by atoms with E-state index in [1.807, 2.05) is 51.1 Å². The first kappa shape index (κ1) is 24.5. The van der Waals surface area contributed by atoms with Crippen molar-refractivity contribution in [2.75, 3.05) is 13.1 Å². The summed E-state index contributed by atoms with van der Waals surface area (Å²) >= 11 is 0. The Balaban J connectivity index is 1.88. The van der Waals surface area contributed by atoms with Crippen LogP contribution in [0.3, 0.4) is 0 Å². The average Bonchev–Trinajstić information content (AvgIpc) is 2.93. The Hall–Kier alpha value is -2.13. The predicted octanol–water partition coefficient (Wildman–Crippen LogP) is 3.61. The molecule has 8 nitrogen and oxygen atoms in total. The van der Waals surface area contributed by atoms with Gasteiger partial charge in [-0.2, -0.15) is 13.1 Å². The summed E-state index contributed by atoms with van der Waals surface area (Å²) in [6.45, 7) is 11.4. The van der Waals surface area contributed by atoms with Gasteiger partial charge in [0, 0.05) is 18.6 Å². The van der Waals surface area contributed by atoms with E-state index in [9.17, 15) is 18.0 Å².